The summed E-state index contributed by atoms with van der Waals surface area (Å²) in [7, 11) is 0. The predicted molar refractivity (Wildman–Crippen MR) is 109 cm³/mol. The number of benzene rings is 2. The summed E-state index contributed by atoms with van der Waals surface area (Å²) in [6.07, 6.45) is 2.32. The Balaban J connectivity index is 2.04. The number of hydrogen-bond acceptors (Lipinski definition) is 3. The number of para-hydroxylation sites is 1. The standard InChI is InChI=1S/C23H28FNO4/c1-17(2)25(23(28)19-11-6-7-12-20(19)24)16-18-10-5-8-13-21(18)29-15-9-3-4-14-22(26)27/h5-8,10-13,17H,3-4,9,14-16H2,1-2H3,(H,26,27). The molecule has 0 fully saturated rings. The topological polar surface area (TPSA) is 66.8 Å². The van der Waals surface area contributed by atoms with Gasteiger partial charge in [-0.05, 0) is 51.3 Å². The number of nitrogens with zero attached hydrogens (tertiary/aromatic N) is 1. The zero-order valence-corrected chi connectivity index (χ0v) is 16.9. The average Bonchev–Trinajstić information content (AvgIpc) is 2.69. The molecule has 0 aliphatic carbocycles. The Hall–Kier alpha value is -2.89. The fourth-order valence-electron chi connectivity index (χ4n) is 2.97. The van der Waals surface area contributed by atoms with Crippen LogP contribution < -0.4 is 4.74 Å². The van der Waals surface area contributed by atoms with Crippen molar-refractivity contribution >= 4 is 11.9 Å². The molecule has 1 N–H and O–H groups in total. The maximum absolute atomic E-state index is 14.1. The van der Waals surface area contributed by atoms with Gasteiger partial charge in [0.25, 0.3) is 5.91 Å². The van der Waals surface area contributed by atoms with Crippen molar-refractivity contribution in [3.8, 4) is 5.75 Å². The molecule has 0 saturated heterocycles. The molecule has 29 heavy (non-hydrogen) atoms. The summed E-state index contributed by atoms with van der Waals surface area (Å²) in [4.78, 5) is 25.1. The van der Waals surface area contributed by atoms with Crippen LogP contribution in [0, 0.1) is 5.82 Å². The summed E-state index contributed by atoms with van der Waals surface area (Å²) in [5, 5.41) is 8.67. The Morgan fingerprint density at radius 1 is 1.03 bits per heavy atom. The van der Waals surface area contributed by atoms with Crippen molar-refractivity contribution in [2.24, 2.45) is 0 Å². The molecule has 1 amide bonds. The Morgan fingerprint density at radius 3 is 2.41 bits per heavy atom. The lowest BCUT2D eigenvalue weighted by atomic mass is 10.1. The number of carbonyl (C=O) groups excluding carboxylic acids is 1. The van der Waals surface area contributed by atoms with Crippen molar-refractivity contribution < 1.29 is 23.8 Å². The van der Waals surface area contributed by atoms with E-state index in [9.17, 15) is 14.0 Å². The van der Waals surface area contributed by atoms with Gasteiger partial charge in [-0.2, -0.15) is 0 Å². The van der Waals surface area contributed by atoms with E-state index in [1.165, 1.54) is 12.1 Å². The number of halogens is 1. The number of carboxylic acid groups (broad SMARTS) is 1. The molecule has 0 saturated carbocycles. The third kappa shape index (κ3) is 6.89. The predicted octanol–water partition coefficient (Wildman–Crippen LogP) is 4.90. The summed E-state index contributed by atoms with van der Waals surface area (Å²) in [6.45, 7) is 4.56. The molecular formula is C23H28FNO4. The molecule has 2 aromatic carbocycles. The second-order valence-corrected chi connectivity index (χ2v) is 7.17. The number of rotatable bonds is 11. The van der Waals surface area contributed by atoms with E-state index < -0.39 is 11.8 Å². The number of hydrogen-bond donors (Lipinski definition) is 1. The van der Waals surface area contributed by atoms with E-state index in [2.05, 4.69) is 0 Å². The summed E-state index contributed by atoms with van der Waals surface area (Å²) >= 11 is 0. The SMILES string of the molecule is CC(C)N(Cc1ccccc1OCCCCCC(=O)O)C(=O)c1ccccc1F. The van der Waals surface area contributed by atoms with Crippen LogP contribution in [0.25, 0.3) is 0 Å². The highest BCUT2D eigenvalue weighted by atomic mass is 19.1. The average molecular weight is 401 g/mol. The molecule has 0 heterocycles. The molecule has 0 radical (unpaired) electrons. The van der Waals surface area contributed by atoms with Crippen LogP contribution >= 0.6 is 0 Å². The van der Waals surface area contributed by atoms with Gasteiger partial charge in [0.05, 0.1) is 12.2 Å². The molecular weight excluding hydrogens is 373 g/mol. The van der Waals surface area contributed by atoms with Gasteiger partial charge < -0.3 is 14.7 Å². The monoisotopic (exact) mass is 401 g/mol. The van der Waals surface area contributed by atoms with Crippen LogP contribution in [-0.2, 0) is 11.3 Å². The van der Waals surface area contributed by atoms with Gasteiger partial charge in [0.1, 0.15) is 11.6 Å². The Morgan fingerprint density at radius 2 is 1.72 bits per heavy atom. The number of ether oxygens (including phenoxy) is 1. The van der Waals surface area contributed by atoms with Gasteiger partial charge in [-0.1, -0.05) is 30.3 Å². The van der Waals surface area contributed by atoms with E-state index in [0.29, 0.717) is 25.3 Å². The van der Waals surface area contributed by atoms with Gasteiger partial charge >= 0.3 is 5.97 Å². The molecule has 2 rings (SSSR count). The van der Waals surface area contributed by atoms with Crippen LogP contribution in [-0.4, -0.2) is 34.5 Å². The smallest absolute Gasteiger partial charge is 0.303 e. The van der Waals surface area contributed by atoms with Gasteiger partial charge in [-0.25, -0.2) is 4.39 Å². The lowest BCUT2D eigenvalue weighted by Gasteiger charge is -2.28. The van der Waals surface area contributed by atoms with Crippen LogP contribution in [0.3, 0.4) is 0 Å². The van der Waals surface area contributed by atoms with Crippen molar-refractivity contribution in [3.63, 3.8) is 0 Å². The van der Waals surface area contributed by atoms with Crippen LogP contribution in [0.5, 0.6) is 5.75 Å². The normalized spacial score (nSPS) is 10.8. The highest BCUT2D eigenvalue weighted by Crippen LogP contribution is 2.23. The molecule has 6 heteroatoms. The second-order valence-electron chi connectivity index (χ2n) is 7.17. The summed E-state index contributed by atoms with van der Waals surface area (Å²) < 4.78 is 20.0. The summed E-state index contributed by atoms with van der Waals surface area (Å²) in [5.74, 6) is -1.00. The van der Waals surface area contributed by atoms with Crippen LogP contribution in [0.4, 0.5) is 4.39 Å². The molecule has 5 nitrogen and oxygen atoms in total. The number of aliphatic carboxylic acids is 1. The summed E-state index contributed by atoms with van der Waals surface area (Å²) in [6, 6.07) is 13.3. The van der Waals surface area contributed by atoms with Crippen molar-refractivity contribution in [3.05, 3.63) is 65.5 Å². The van der Waals surface area contributed by atoms with E-state index in [1.807, 2.05) is 38.1 Å². The molecule has 0 aliphatic heterocycles. The molecule has 0 spiro atoms. The van der Waals surface area contributed by atoms with Crippen LogP contribution in [0.15, 0.2) is 48.5 Å². The van der Waals surface area contributed by atoms with Gasteiger partial charge in [0.15, 0.2) is 0 Å². The van der Waals surface area contributed by atoms with E-state index in [1.54, 1.807) is 17.0 Å². The molecule has 156 valence electrons. The van der Waals surface area contributed by atoms with Gasteiger partial charge in [-0.3, -0.25) is 9.59 Å². The first kappa shape index (κ1) is 22.4. The van der Waals surface area contributed by atoms with E-state index >= 15 is 0 Å². The number of carboxylic acids is 1. The van der Waals surface area contributed by atoms with Gasteiger partial charge in [0, 0.05) is 24.6 Å². The molecule has 0 bridgehead atoms. The lowest BCUT2D eigenvalue weighted by Crippen LogP contribution is -2.37. The third-order valence-corrected chi connectivity index (χ3v) is 4.59. The molecule has 0 aromatic heterocycles. The Labute approximate surface area is 171 Å². The van der Waals surface area contributed by atoms with Crippen molar-refractivity contribution in [2.75, 3.05) is 6.61 Å². The minimum Gasteiger partial charge on any atom is -0.493 e. The number of unbranched alkanes of at least 4 members (excludes halogenated alkanes) is 2. The summed E-state index contributed by atoms with van der Waals surface area (Å²) in [5.41, 5.74) is 0.898. The van der Waals surface area contributed by atoms with Crippen molar-refractivity contribution in [1.82, 2.24) is 4.90 Å². The zero-order chi connectivity index (χ0) is 21.2. The maximum Gasteiger partial charge on any atom is 0.303 e. The first-order chi connectivity index (χ1) is 13.9. The number of carbonyl (C=O) groups is 2. The minimum atomic E-state index is -0.787. The maximum atomic E-state index is 14.1. The van der Waals surface area contributed by atoms with Crippen molar-refractivity contribution in [1.29, 1.82) is 0 Å². The third-order valence-electron chi connectivity index (χ3n) is 4.59. The minimum absolute atomic E-state index is 0.0537. The molecule has 0 unspecified atom stereocenters. The van der Waals surface area contributed by atoms with Crippen LogP contribution in [0.1, 0.15) is 55.5 Å². The fraction of sp³-hybridized carbons (Fsp3) is 0.391. The zero-order valence-electron chi connectivity index (χ0n) is 16.9. The molecule has 2 aromatic rings. The fourth-order valence-corrected chi connectivity index (χ4v) is 2.97. The highest BCUT2D eigenvalue weighted by Gasteiger charge is 2.22. The van der Waals surface area contributed by atoms with E-state index in [-0.39, 0.29) is 23.9 Å². The Bertz CT molecular complexity index is 822. The molecule has 0 atom stereocenters. The largest absolute Gasteiger partial charge is 0.493 e. The quantitative estimate of drug-likeness (QED) is 0.544. The van der Waals surface area contributed by atoms with Gasteiger partial charge in [-0.15, -0.1) is 0 Å². The number of amides is 1. The second kappa shape index (κ2) is 11.2. The Kier molecular flexibility index (Phi) is 8.65. The van der Waals surface area contributed by atoms with E-state index in [0.717, 1.165) is 18.4 Å². The molecule has 0 aliphatic rings. The van der Waals surface area contributed by atoms with Crippen LogP contribution in [0.2, 0.25) is 0 Å². The van der Waals surface area contributed by atoms with Crippen molar-refractivity contribution in [2.45, 2.75) is 52.1 Å². The first-order valence-corrected chi connectivity index (χ1v) is 9.88. The highest BCUT2D eigenvalue weighted by molar-refractivity contribution is 5.94. The first-order valence-electron chi connectivity index (χ1n) is 9.88. The van der Waals surface area contributed by atoms with Gasteiger partial charge in [0.2, 0.25) is 0 Å². The van der Waals surface area contributed by atoms with E-state index in [4.69, 9.17) is 9.84 Å². The lowest BCUT2D eigenvalue weighted by molar-refractivity contribution is -0.137.